The summed E-state index contributed by atoms with van der Waals surface area (Å²) < 4.78 is 41.4. The van der Waals surface area contributed by atoms with Gasteiger partial charge in [-0.1, -0.05) is 11.6 Å². The molecule has 0 fully saturated rings. The van der Waals surface area contributed by atoms with Gasteiger partial charge in [-0.2, -0.15) is 13.2 Å². The summed E-state index contributed by atoms with van der Waals surface area (Å²) in [5.41, 5.74) is -0.646. The van der Waals surface area contributed by atoms with Gasteiger partial charge in [-0.25, -0.2) is 4.79 Å². The van der Waals surface area contributed by atoms with E-state index in [-0.39, 0.29) is 12.8 Å². The summed E-state index contributed by atoms with van der Waals surface area (Å²) in [6.45, 7) is 1.52. The van der Waals surface area contributed by atoms with Gasteiger partial charge in [0.25, 0.3) is 0 Å². The SMILES string of the molecule is COC(=O)C(C)(CCCC(F)(F)F)Nc1ccc(Cl)cc1. The summed E-state index contributed by atoms with van der Waals surface area (Å²) in [6, 6.07) is 6.54. The molecule has 0 aliphatic heterocycles. The lowest BCUT2D eigenvalue weighted by Crippen LogP contribution is -2.44. The van der Waals surface area contributed by atoms with Crippen LogP contribution in [0.4, 0.5) is 18.9 Å². The largest absolute Gasteiger partial charge is 0.467 e. The Kier molecular flexibility index (Phi) is 5.89. The molecule has 3 nitrogen and oxygen atoms in total. The predicted octanol–water partition coefficient (Wildman–Crippen LogP) is 4.42. The first kappa shape index (κ1) is 17.6. The van der Waals surface area contributed by atoms with E-state index in [4.69, 9.17) is 11.6 Å². The summed E-state index contributed by atoms with van der Waals surface area (Å²) in [6.07, 6.45) is -5.35. The Hall–Kier alpha value is -1.43. The number of hydrogen-bond acceptors (Lipinski definition) is 3. The predicted molar refractivity (Wildman–Crippen MR) is 75.4 cm³/mol. The molecular formula is C14H17ClF3NO2. The number of halogens is 4. The molecule has 0 saturated carbocycles. The fraction of sp³-hybridized carbons (Fsp3) is 0.500. The molecule has 1 aromatic carbocycles. The van der Waals surface area contributed by atoms with E-state index in [1.807, 2.05) is 0 Å². The van der Waals surface area contributed by atoms with Crippen LogP contribution in [0.1, 0.15) is 26.2 Å². The van der Waals surface area contributed by atoms with Gasteiger partial charge < -0.3 is 10.1 Å². The lowest BCUT2D eigenvalue weighted by atomic mass is 9.94. The van der Waals surface area contributed by atoms with Crippen molar-refractivity contribution in [3.8, 4) is 0 Å². The zero-order valence-electron chi connectivity index (χ0n) is 11.8. The van der Waals surface area contributed by atoms with E-state index in [9.17, 15) is 18.0 Å². The van der Waals surface area contributed by atoms with E-state index < -0.39 is 24.1 Å². The van der Waals surface area contributed by atoms with Crippen LogP contribution in [0.25, 0.3) is 0 Å². The fourth-order valence-corrected chi connectivity index (χ4v) is 2.06. The van der Waals surface area contributed by atoms with Crippen molar-refractivity contribution >= 4 is 23.3 Å². The minimum absolute atomic E-state index is 0.00180. The van der Waals surface area contributed by atoms with E-state index in [1.54, 1.807) is 24.3 Å². The van der Waals surface area contributed by atoms with E-state index >= 15 is 0 Å². The average Bonchev–Trinajstić information content (AvgIpc) is 2.39. The number of nitrogens with one attached hydrogen (secondary N) is 1. The van der Waals surface area contributed by atoms with Crippen LogP contribution in [-0.2, 0) is 9.53 Å². The van der Waals surface area contributed by atoms with Crippen molar-refractivity contribution < 1.29 is 22.7 Å². The van der Waals surface area contributed by atoms with Crippen molar-refractivity contribution in [2.45, 2.75) is 37.9 Å². The number of carbonyl (C=O) groups excluding carboxylic acids is 1. The molecule has 21 heavy (non-hydrogen) atoms. The molecule has 0 aliphatic carbocycles. The van der Waals surface area contributed by atoms with Crippen molar-refractivity contribution in [2.24, 2.45) is 0 Å². The number of hydrogen-bond donors (Lipinski definition) is 1. The normalized spacial score (nSPS) is 14.4. The van der Waals surface area contributed by atoms with Crippen LogP contribution in [0, 0.1) is 0 Å². The van der Waals surface area contributed by atoms with Gasteiger partial charge in [-0.05, 0) is 44.0 Å². The van der Waals surface area contributed by atoms with E-state index in [0.717, 1.165) is 0 Å². The van der Waals surface area contributed by atoms with Gasteiger partial charge in [0.2, 0.25) is 0 Å². The molecule has 0 radical (unpaired) electrons. The van der Waals surface area contributed by atoms with Crippen molar-refractivity contribution in [3.05, 3.63) is 29.3 Å². The maximum absolute atomic E-state index is 12.2. The molecule has 1 aromatic rings. The standard InChI is InChI=1S/C14H17ClF3NO2/c1-13(12(20)21-2,8-3-9-14(16,17)18)19-11-6-4-10(15)5-7-11/h4-7,19H,3,8-9H2,1-2H3. The summed E-state index contributed by atoms with van der Waals surface area (Å²) in [5.74, 6) is -0.611. The Bertz CT molecular complexity index is 476. The van der Waals surface area contributed by atoms with Gasteiger partial charge in [0, 0.05) is 17.1 Å². The number of esters is 1. The number of alkyl halides is 3. The molecule has 0 saturated heterocycles. The second-order valence-electron chi connectivity index (χ2n) is 4.92. The molecule has 1 rings (SSSR count). The molecule has 1 N–H and O–H groups in total. The lowest BCUT2D eigenvalue weighted by molar-refractivity contribution is -0.148. The smallest absolute Gasteiger partial charge is 0.389 e. The zero-order chi connectivity index (χ0) is 16.1. The van der Waals surface area contributed by atoms with Crippen LogP contribution >= 0.6 is 11.6 Å². The Morgan fingerprint density at radius 2 is 1.81 bits per heavy atom. The molecule has 0 heterocycles. The first-order chi connectivity index (χ1) is 9.66. The minimum Gasteiger partial charge on any atom is -0.467 e. The highest BCUT2D eigenvalue weighted by atomic mass is 35.5. The van der Waals surface area contributed by atoms with Crippen LogP contribution in [0.3, 0.4) is 0 Å². The maximum Gasteiger partial charge on any atom is 0.389 e. The second kappa shape index (κ2) is 7.02. The van der Waals surface area contributed by atoms with E-state index in [0.29, 0.717) is 10.7 Å². The summed E-state index contributed by atoms with van der Waals surface area (Å²) in [7, 11) is 1.20. The first-order valence-corrected chi connectivity index (χ1v) is 6.73. The first-order valence-electron chi connectivity index (χ1n) is 6.35. The molecule has 7 heteroatoms. The van der Waals surface area contributed by atoms with E-state index in [2.05, 4.69) is 10.1 Å². The Labute approximate surface area is 126 Å². The maximum atomic E-state index is 12.2. The van der Waals surface area contributed by atoms with Crippen LogP contribution in [0.2, 0.25) is 5.02 Å². The summed E-state index contributed by atoms with van der Waals surface area (Å²) >= 11 is 5.76. The highest BCUT2D eigenvalue weighted by molar-refractivity contribution is 6.30. The van der Waals surface area contributed by atoms with Gasteiger partial charge in [-0.3, -0.25) is 0 Å². The number of rotatable bonds is 6. The third kappa shape index (κ3) is 5.83. The zero-order valence-corrected chi connectivity index (χ0v) is 12.5. The quantitative estimate of drug-likeness (QED) is 0.788. The lowest BCUT2D eigenvalue weighted by Gasteiger charge is -2.29. The fourth-order valence-electron chi connectivity index (χ4n) is 1.94. The molecule has 1 atom stereocenters. The Morgan fingerprint density at radius 3 is 2.29 bits per heavy atom. The average molecular weight is 324 g/mol. The Balaban J connectivity index is 2.78. The van der Waals surface area contributed by atoms with Crippen molar-refractivity contribution in [1.82, 2.24) is 0 Å². The van der Waals surface area contributed by atoms with Crippen LogP contribution in [0.15, 0.2) is 24.3 Å². The molecule has 0 spiro atoms. The number of anilines is 1. The van der Waals surface area contributed by atoms with E-state index in [1.165, 1.54) is 14.0 Å². The molecule has 0 aromatic heterocycles. The number of methoxy groups -OCH3 is 1. The third-order valence-electron chi connectivity index (χ3n) is 3.04. The summed E-state index contributed by atoms with van der Waals surface area (Å²) in [5, 5.41) is 3.44. The van der Waals surface area contributed by atoms with Crippen molar-refractivity contribution in [3.63, 3.8) is 0 Å². The minimum atomic E-state index is -4.24. The molecule has 118 valence electrons. The molecule has 0 amide bonds. The molecule has 0 aliphatic rings. The monoisotopic (exact) mass is 323 g/mol. The molecule has 1 unspecified atom stereocenters. The molecular weight excluding hydrogens is 307 g/mol. The highest BCUT2D eigenvalue weighted by Crippen LogP contribution is 2.28. The van der Waals surface area contributed by atoms with Gasteiger partial charge in [-0.15, -0.1) is 0 Å². The van der Waals surface area contributed by atoms with Crippen LogP contribution in [0.5, 0.6) is 0 Å². The Morgan fingerprint density at radius 1 is 1.24 bits per heavy atom. The number of ether oxygens (including phenoxy) is 1. The van der Waals surface area contributed by atoms with Crippen molar-refractivity contribution in [2.75, 3.05) is 12.4 Å². The number of benzene rings is 1. The highest BCUT2D eigenvalue weighted by Gasteiger charge is 2.36. The second-order valence-corrected chi connectivity index (χ2v) is 5.36. The topological polar surface area (TPSA) is 38.3 Å². The third-order valence-corrected chi connectivity index (χ3v) is 3.29. The van der Waals surface area contributed by atoms with Crippen LogP contribution in [-0.4, -0.2) is 24.8 Å². The van der Waals surface area contributed by atoms with Gasteiger partial charge in [0.1, 0.15) is 5.54 Å². The molecule has 0 bridgehead atoms. The van der Waals surface area contributed by atoms with Crippen molar-refractivity contribution in [1.29, 1.82) is 0 Å². The van der Waals surface area contributed by atoms with Gasteiger partial charge in [0.05, 0.1) is 7.11 Å². The van der Waals surface area contributed by atoms with Gasteiger partial charge in [0.15, 0.2) is 0 Å². The van der Waals surface area contributed by atoms with Gasteiger partial charge >= 0.3 is 12.1 Å². The number of carbonyl (C=O) groups is 1. The summed E-state index contributed by atoms with van der Waals surface area (Å²) in [4.78, 5) is 11.9. The van der Waals surface area contributed by atoms with Crippen LogP contribution < -0.4 is 5.32 Å².